The lowest BCUT2D eigenvalue weighted by molar-refractivity contribution is -0.106. The van der Waals surface area contributed by atoms with Gasteiger partial charge in [0.15, 0.2) is 6.29 Å². The van der Waals surface area contributed by atoms with E-state index in [1.165, 1.54) is 0 Å². The molecule has 1 saturated heterocycles. The van der Waals surface area contributed by atoms with Gasteiger partial charge in [-0.1, -0.05) is 48.5 Å². The van der Waals surface area contributed by atoms with Gasteiger partial charge in [-0.2, -0.15) is 0 Å². The van der Waals surface area contributed by atoms with Crippen molar-refractivity contribution in [3.63, 3.8) is 0 Å². The summed E-state index contributed by atoms with van der Waals surface area (Å²) in [6.45, 7) is 2.58. The SMILES string of the molecule is CC(O)(c1cccc(OC2CCCCO2)c1)C(c1ccccc1)c1ccccn1. The largest absolute Gasteiger partial charge is 0.465 e. The molecule has 29 heavy (non-hydrogen) atoms. The zero-order valence-corrected chi connectivity index (χ0v) is 16.7. The van der Waals surface area contributed by atoms with Gasteiger partial charge in [0.2, 0.25) is 0 Å². The van der Waals surface area contributed by atoms with Crippen LogP contribution in [0, 0.1) is 0 Å². The number of aliphatic hydroxyl groups is 1. The first-order chi connectivity index (χ1) is 14.1. The number of aromatic nitrogens is 1. The number of hydrogen-bond donors (Lipinski definition) is 1. The molecule has 3 unspecified atom stereocenters. The molecule has 3 atom stereocenters. The van der Waals surface area contributed by atoms with E-state index in [2.05, 4.69) is 4.98 Å². The maximum atomic E-state index is 11.8. The van der Waals surface area contributed by atoms with Crippen molar-refractivity contribution in [2.45, 2.75) is 44.0 Å². The first-order valence-corrected chi connectivity index (χ1v) is 10.2. The van der Waals surface area contributed by atoms with E-state index >= 15 is 0 Å². The molecule has 1 aliphatic rings. The fraction of sp³-hybridized carbons (Fsp3) is 0.320. The van der Waals surface area contributed by atoms with E-state index in [9.17, 15) is 5.11 Å². The molecule has 1 aromatic heterocycles. The van der Waals surface area contributed by atoms with Gasteiger partial charge in [-0.3, -0.25) is 4.98 Å². The molecule has 0 spiro atoms. The highest BCUT2D eigenvalue weighted by atomic mass is 16.7. The Bertz CT molecular complexity index is 866. The van der Waals surface area contributed by atoms with E-state index in [0.29, 0.717) is 5.75 Å². The summed E-state index contributed by atoms with van der Waals surface area (Å²) in [6, 6.07) is 23.5. The van der Waals surface area contributed by atoms with Gasteiger partial charge < -0.3 is 14.6 Å². The molecule has 4 nitrogen and oxygen atoms in total. The first kappa shape index (κ1) is 19.6. The summed E-state index contributed by atoms with van der Waals surface area (Å²) in [5, 5.41) is 11.8. The molecular formula is C25H27NO3. The molecule has 0 radical (unpaired) electrons. The molecule has 0 amide bonds. The molecule has 0 saturated carbocycles. The van der Waals surface area contributed by atoms with E-state index < -0.39 is 5.60 Å². The van der Waals surface area contributed by atoms with Crippen molar-refractivity contribution in [2.24, 2.45) is 0 Å². The maximum absolute atomic E-state index is 11.8. The van der Waals surface area contributed by atoms with Gasteiger partial charge in [0.1, 0.15) is 5.75 Å². The van der Waals surface area contributed by atoms with Crippen molar-refractivity contribution >= 4 is 0 Å². The second kappa shape index (κ2) is 8.76. The standard InChI is InChI=1S/C25H27NO3/c1-25(27,20-12-9-13-21(18-20)29-23-15-6-8-17-28-23)24(19-10-3-2-4-11-19)22-14-5-7-16-26-22/h2-5,7,9-14,16,18,23-24,27H,6,8,15,17H2,1H3. The highest BCUT2D eigenvalue weighted by Gasteiger charge is 2.37. The lowest BCUT2D eigenvalue weighted by Crippen LogP contribution is -2.32. The van der Waals surface area contributed by atoms with Crippen LogP contribution in [0.3, 0.4) is 0 Å². The smallest absolute Gasteiger partial charge is 0.199 e. The van der Waals surface area contributed by atoms with Gasteiger partial charge in [0.05, 0.1) is 23.8 Å². The van der Waals surface area contributed by atoms with Crippen LogP contribution in [0.2, 0.25) is 0 Å². The van der Waals surface area contributed by atoms with Crippen LogP contribution in [0.1, 0.15) is 48.9 Å². The monoisotopic (exact) mass is 389 g/mol. The third kappa shape index (κ3) is 4.50. The van der Waals surface area contributed by atoms with Crippen molar-refractivity contribution in [3.8, 4) is 5.75 Å². The van der Waals surface area contributed by atoms with Gasteiger partial charge in [0.25, 0.3) is 0 Å². The van der Waals surface area contributed by atoms with Crippen LogP contribution in [0.5, 0.6) is 5.75 Å². The predicted octanol–water partition coefficient (Wildman–Crippen LogP) is 5.03. The van der Waals surface area contributed by atoms with E-state index in [-0.39, 0.29) is 12.2 Å². The topological polar surface area (TPSA) is 51.6 Å². The second-order valence-corrected chi connectivity index (χ2v) is 7.69. The Morgan fingerprint density at radius 1 is 1.03 bits per heavy atom. The van der Waals surface area contributed by atoms with Crippen molar-refractivity contribution < 1.29 is 14.6 Å². The van der Waals surface area contributed by atoms with Crippen molar-refractivity contribution in [3.05, 3.63) is 95.8 Å². The van der Waals surface area contributed by atoms with Crippen LogP contribution in [0.15, 0.2) is 79.0 Å². The Labute approximate surface area is 172 Å². The Morgan fingerprint density at radius 2 is 1.86 bits per heavy atom. The van der Waals surface area contributed by atoms with E-state index in [1.807, 2.05) is 79.7 Å². The summed E-state index contributed by atoms with van der Waals surface area (Å²) in [7, 11) is 0. The molecule has 1 N–H and O–H groups in total. The van der Waals surface area contributed by atoms with Gasteiger partial charge in [-0.15, -0.1) is 0 Å². The van der Waals surface area contributed by atoms with Gasteiger partial charge in [0, 0.05) is 12.6 Å². The van der Waals surface area contributed by atoms with Crippen molar-refractivity contribution in [1.29, 1.82) is 0 Å². The molecule has 4 rings (SSSR count). The summed E-state index contributed by atoms with van der Waals surface area (Å²) < 4.78 is 11.7. The van der Waals surface area contributed by atoms with Crippen molar-refractivity contribution in [2.75, 3.05) is 6.61 Å². The molecule has 2 aromatic carbocycles. The van der Waals surface area contributed by atoms with Crippen LogP contribution in [-0.2, 0) is 10.3 Å². The number of hydrogen-bond acceptors (Lipinski definition) is 4. The summed E-state index contributed by atoms with van der Waals surface area (Å²) in [5.74, 6) is 0.397. The molecule has 2 heterocycles. The van der Waals surface area contributed by atoms with Gasteiger partial charge in [-0.25, -0.2) is 0 Å². The summed E-state index contributed by atoms with van der Waals surface area (Å²) >= 11 is 0. The molecule has 1 aliphatic heterocycles. The minimum Gasteiger partial charge on any atom is -0.465 e. The number of benzene rings is 2. The van der Waals surface area contributed by atoms with Crippen LogP contribution in [-0.4, -0.2) is 23.0 Å². The predicted molar refractivity (Wildman–Crippen MR) is 113 cm³/mol. The zero-order valence-electron chi connectivity index (χ0n) is 16.7. The van der Waals surface area contributed by atoms with Gasteiger partial charge in [-0.05, 0) is 55.2 Å². The highest BCUT2D eigenvalue weighted by Crippen LogP contribution is 2.41. The Morgan fingerprint density at radius 3 is 2.59 bits per heavy atom. The third-order valence-electron chi connectivity index (χ3n) is 5.50. The molecule has 0 bridgehead atoms. The molecular weight excluding hydrogens is 362 g/mol. The van der Waals surface area contributed by atoms with E-state index in [1.54, 1.807) is 6.20 Å². The minimum absolute atomic E-state index is 0.218. The molecule has 1 fully saturated rings. The van der Waals surface area contributed by atoms with E-state index in [0.717, 1.165) is 42.7 Å². The maximum Gasteiger partial charge on any atom is 0.199 e. The average Bonchev–Trinajstić information content (AvgIpc) is 2.76. The van der Waals surface area contributed by atoms with Crippen LogP contribution in [0.4, 0.5) is 0 Å². The average molecular weight is 389 g/mol. The Kier molecular flexibility index (Phi) is 5.93. The second-order valence-electron chi connectivity index (χ2n) is 7.69. The Hall–Kier alpha value is -2.69. The molecule has 0 aliphatic carbocycles. The van der Waals surface area contributed by atoms with Crippen molar-refractivity contribution in [1.82, 2.24) is 4.98 Å². The third-order valence-corrected chi connectivity index (χ3v) is 5.50. The summed E-state index contributed by atoms with van der Waals surface area (Å²) in [4.78, 5) is 4.55. The number of ether oxygens (including phenoxy) is 2. The zero-order chi connectivity index (χ0) is 20.1. The lowest BCUT2D eigenvalue weighted by Gasteiger charge is -2.34. The number of pyridine rings is 1. The number of nitrogens with zero attached hydrogens (tertiary/aromatic N) is 1. The van der Waals surface area contributed by atoms with Gasteiger partial charge >= 0.3 is 0 Å². The minimum atomic E-state index is -1.18. The molecule has 3 aromatic rings. The number of rotatable bonds is 6. The first-order valence-electron chi connectivity index (χ1n) is 10.2. The van der Waals surface area contributed by atoms with E-state index in [4.69, 9.17) is 9.47 Å². The molecule has 4 heteroatoms. The molecule has 150 valence electrons. The Balaban J connectivity index is 1.68. The quantitative estimate of drug-likeness (QED) is 0.643. The normalized spacial score (nSPS) is 19.9. The van der Waals surface area contributed by atoms with Crippen LogP contribution < -0.4 is 4.74 Å². The highest BCUT2D eigenvalue weighted by molar-refractivity contribution is 5.40. The lowest BCUT2D eigenvalue weighted by atomic mass is 9.76. The van der Waals surface area contributed by atoms with Crippen LogP contribution in [0.25, 0.3) is 0 Å². The fourth-order valence-corrected chi connectivity index (χ4v) is 3.98. The fourth-order valence-electron chi connectivity index (χ4n) is 3.98. The summed E-state index contributed by atoms with van der Waals surface area (Å²) in [6.07, 6.45) is 4.63. The summed E-state index contributed by atoms with van der Waals surface area (Å²) in [5.41, 5.74) is 1.44. The van der Waals surface area contributed by atoms with Crippen LogP contribution >= 0.6 is 0 Å².